The number of benzene rings is 1. The highest BCUT2D eigenvalue weighted by Gasteiger charge is 2.32. The molecule has 2 aromatic heterocycles. The summed E-state index contributed by atoms with van der Waals surface area (Å²) in [4.78, 5) is 14.5. The number of anilines is 1. The van der Waals surface area contributed by atoms with E-state index in [1.54, 1.807) is 0 Å². The molecule has 2 heterocycles. The predicted octanol–water partition coefficient (Wildman–Crippen LogP) is 4.75. The van der Waals surface area contributed by atoms with E-state index in [2.05, 4.69) is 44.2 Å². The van der Waals surface area contributed by atoms with E-state index in [1.807, 2.05) is 45.3 Å². The highest BCUT2D eigenvalue weighted by Crippen LogP contribution is 2.29. The fourth-order valence-corrected chi connectivity index (χ4v) is 3.06. The van der Waals surface area contributed by atoms with Gasteiger partial charge < -0.3 is 5.32 Å². The molecular weight excluding hydrogens is 391 g/mol. The van der Waals surface area contributed by atoms with Crippen molar-refractivity contribution in [3.63, 3.8) is 0 Å². The number of pyridine rings is 1. The lowest BCUT2D eigenvalue weighted by atomic mass is 9.90. The van der Waals surface area contributed by atoms with Crippen LogP contribution in [0.2, 0.25) is 0 Å². The number of aromatic nitrogens is 3. The lowest BCUT2D eigenvalue weighted by Gasteiger charge is -2.37. The molecule has 1 aromatic carbocycles. The summed E-state index contributed by atoms with van der Waals surface area (Å²) in [5.41, 5.74) is 1.04. The Kier molecular flexibility index (Phi) is 6.07. The van der Waals surface area contributed by atoms with Gasteiger partial charge in [0.25, 0.3) is 0 Å². The molecule has 1 unspecified atom stereocenters. The summed E-state index contributed by atoms with van der Waals surface area (Å²) >= 11 is 0. The first-order chi connectivity index (χ1) is 14.1. The van der Waals surface area contributed by atoms with Crippen LogP contribution in [-0.4, -0.2) is 40.5 Å². The van der Waals surface area contributed by atoms with Crippen molar-refractivity contribution in [2.75, 3.05) is 26.0 Å². The van der Waals surface area contributed by atoms with E-state index in [-0.39, 0.29) is 5.54 Å². The van der Waals surface area contributed by atoms with Gasteiger partial charge in [-0.3, -0.25) is 9.88 Å². The van der Waals surface area contributed by atoms with Crippen molar-refractivity contribution in [3.8, 4) is 11.4 Å². The first kappa shape index (κ1) is 21.7. The molecular formula is C22H24F3N5. The summed E-state index contributed by atoms with van der Waals surface area (Å²) in [6.07, 6.45) is -3.33. The molecule has 3 aromatic rings. The quantitative estimate of drug-likeness (QED) is 0.629. The van der Waals surface area contributed by atoms with Gasteiger partial charge in [-0.1, -0.05) is 30.3 Å². The smallest absolute Gasteiger partial charge is 0.368 e. The molecule has 5 nitrogen and oxygen atoms in total. The standard InChI is InChI=1S/C22H24F3N5/c1-15-12-19(27-14-21(2,30(3)4)17-8-6-5-7-9-17)29-20(28-15)16-10-11-18(26-13-16)22(23,24)25/h5-13H,14H2,1-4H3,(H,27,28,29). The molecule has 158 valence electrons. The second kappa shape index (κ2) is 8.39. The largest absolute Gasteiger partial charge is 0.433 e. The van der Waals surface area contributed by atoms with Gasteiger partial charge in [-0.05, 0) is 45.6 Å². The summed E-state index contributed by atoms with van der Waals surface area (Å²) in [5.74, 6) is 0.923. The zero-order valence-electron chi connectivity index (χ0n) is 17.3. The monoisotopic (exact) mass is 415 g/mol. The molecule has 0 spiro atoms. The number of nitrogens with one attached hydrogen (secondary N) is 1. The minimum absolute atomic E-state index is 0.295. The van der Waals surface area contributed by atoms with E-state index in [0.29, 0.717) is 29.4 Å². The SMILES string of the molecule is Cc1cc(NCC(C)(c2ccccc2)N(C)C)nc(-c2ccc(C(F)(F)F)nc2)n1. The second-order valence-electron chi connectivity index (χ2n) is 7.54. The maximum atomic E-state index is 12.8. The van der Waals surface area contributed by atoms with Crippen molar-refractivity contribution in [2.24, 2.45) is 0 Å². The van der Waals surface area contributed by atoms with Crippen LogP contribution in [0.3, 0.4) is 0 Å². The van der Waals surface area contributed by atoms with E-state index in [1.165, 1.54) is 6.07 Å². The molecule has 1 atom stereocenters. The average molecular weight is 415 g/mol. The molecule has 0 radical (unpaired) electrons. The molecule has 0 fully saturated rings. The van der Waals surface area contributed by atoms with E-state index in [9.17, 15) is 13.2 Å². The number of nitrogens with zero attached hydrogens (tertiary/aromatic N) is 4. The zero-order valence-corrected chi connectivity index (χ0v) is 17.3. The summed E-state index contributed by atoms with van der Waals surface area (Å²) in [6, 6.07) is 14.2. The van der Waals surface area contributed by atoms with Crippen LogP contribution >= 0.6 is 0 Å². The van der Waals surface area contributed by atoms with Gasteiger partial charge in [0.2, 0.25) is 0 Å². The fourth-order valence-electron chi connectivity index (χ4n) is 3.06. The van der Waals surface area contributed by atoms with Crippen molar-refractivity contribution in [3.05, 3.63) is 71.7 Å². The Balaban J connectivity index is 1.85. The summed E-state index contributed by atoms with van der Waals surface area (Å²) in [6.45, 7) is 4.52. The van der Waals surface area contributed by atoms with E-state index >= 15 is 0 Å². The van der Waals surface area contributed by atoms with Gasteiger partial charge in [-0.2, -0.15) is 13.2 Å². The van der Waals surface area contributed by atoms with Gasteiger partial charge in [0.05, 0.1) is 5.54 Å². The molecule has 0 saturated heterocycles. The van der Waals surface area contributed by atoms with Gasteiger partial charge in [-0.15, -0.1) is 0 Å². The second-order valence-corrected chi connectivity index (χ2v) is 7.54. The molecule has 0 bridgehead atoms. The van der Waals surface area contributed by atoms with Gasteiger partial charge in [0, 0.05) is 30.1 Å². The molecule has 0 amide bonds. The lowest BCUT2D eigenvalue weighted by molar-refractivity contribution is -0.141. The number of rotatable bonds is 6. The van der Waals surface area contributed by atoms with Gasteiger partial charge in [0.15, 0.2) is 5.82 Å². The molecule has 30 heavy (non-hydrogen) atoms. The Morgan fingerprint density at radius 2 is 1.70 bits per heavy atom. The maximum Gasteiger partial charge on any atom is 0.433 e. The van der Waals surface area contributed by atoms with Crippen LogP contribution in [0.4, 0.5) is 19.0 Å². The Morgan fingerprint density at radius 3 is 2.27 bits per heavy atom. The first-order valence-electron chi connectivity index (χ1n) is 9.46. The van der Waals surface area contributed by atoms with Gasteiger partial charge >= 0.3 is 6.18 Å². The number of hydrogen-bond donors (Lipinski definition) is 1. The number of likely N-dealkylation sites (N-methyl/N-ethyl adjacent to an activating group) is 1. The highest BCUT2D eigenvalue weighted by molar-refractivity contribution is 5.56. The third-order valence-corrected chi connectivity index (χ3v) is 5.16. The van der Waals surface area contributed by atoms with Gasteiger partial charge in [0.1, 0.15) is 11.5 Å². The Hall–Kier alpha value is -3.00. The Bertz CT molecular complexity index is 988. The van der Waals surface area contributed by atoms with Crippen LogP contribution in [0.15, 0.2) is 54.7 Å². The van der Waals surface area contributed by atoms with Crippen LogP contribution in [0.1, 0.15) is 23.9 Å². The molecule has 0 aliphatic rings. The molecule has 1 N–H and O–H groups in total. The van der Waals surface area contributed by atoms with Crippen molar-refractivity contribution >= 4 is 5.82 Å². The fraction of sp³-hybridized carbons (Fsp3) is 0.318. The van der Waals surface area contributed by atoms with Crippen molar-refractivity contribution < 1.29 is 13.2 Å². The van der Waals surface area contributed by atoms with E-state index < -0.39 is 11.9 Å². The summed E-state index contributed by atoms with van der Waals surface area (Å²) in [5, 5.41) is 3.36. The number of alkyl halides is 3. The highest BCUT2D eigenvalue weighted by atomic mass is 19.4. The molecule has 0 aliphatic heterocycles. The normalized spacial score (nSPS) is 13.9. The minimum atomic E-state index is -4.48. The van der Waals surface area contributed by atoms with Gasteiger partial charge in [-0.25, -0.2) is 9.97 Å². The summed E-state index contributed by atoms with van der Waals surface area (Å²) in [7, 11) is 4.03. The van der Waals surface area contributed by atoms with E-state index in [4.69, 9.17) is 0 Å². The number of halogens is 3. The average Bonchev–Trinajstić information content (AvgIpc) is 2.71. The number of aryl methyl sites for hydroxylation is 1. The third kappa shape index (κ3) is 4.76. The van der Waals surface area contributed by atoms with Crippen molar-refractivity contribution in [2.45, 2.75) is 25.6 Å². The van der Waals surface area contributed by atoms with Crippen LogP contribution in [0.25, 0.3) is 11.4 Å². The van der Waals surface area contributed by atoms with Crippen molar-refractivity contribution in [1.29, 1.82) is 0 Å². The van der Waals surface area contributed by atoms with Crippen molar-refractivity contribution in [1.82, 2.24) is 19.9 Å². The summed E-state index contributed by atoms with van der Waals surface area (Å²) < 4.78 is 38.3. The van der Waals surface area contributed by atoms with Crippen LogP contribution in [0, 0.1) is 6.92 Å². The molecule has 0 saturated carbocycles. The van der Waals surface area contributed by atoms with E-state index in [0.717, 1.165) is 17.8 Å². The number of hydrogen-bond acceptors (Lipinski definition) is 5. The van der Waals surface area contributed by atoms with Crippen LogP contribution in [-0.2, 0) is 11.7 Å². The molecule has 3 rings (SSSR count). The topological polar surface area (TPSA) is 53.9 Å². The minimum Gasteiger partial charge on any atom is -0.368 e. The third-order valence-electron chi connectivity index (χ3n) is 5.16. The Labute approximate surface area is 174 Å². The Morgan fingerprint density at radius 1 is 1.00 bits per heavy atom. The first-order valence-corrected chi connectivity index (χ1v) is 9.46. The lowest BCUT2D eigenvalue weighted by Crippen LogP contribution is -2.44. The van der Waals surface area contributed by atoms with Crippen LogP contribution < -0.4 is 5.32 Å². The molecule has 8 heteroatoms. The molecule has 0 aliphatic carbocycles. The maximum absolute atomic E-state index is 12.8. The van der Waals surface area contributed by atoms with Crippen LogP contribution in [0.5, 0.6) is 0 Å². The predicted molar refractivity (Wildman–Crippen MR) is 111 cm³/mol. The zero-order chi connectivity index (χ0) is 21.9.